The largest absolute Gasteiger partial charge is 0.457 e. The molecule has 7 nitrogen and oxygen atoms in total. The van der Waals surface area contributed by atoms with Gasteiger partial charge in [-0.15, -0.1) is 0 Å². The zero-order valence-electron chi connectivity index (χ0n) is 14.2. The van der Waals surface area contributed by atoms with E-state index in [9.17, 15) is 14.9 Å². The molecule has 28 heavy (non-hydrogen) atoms. The van der Waals surface area contributed by atoms with Gasteiger partial charge in [-0.25, -0.2) is 4.79 Å². The summed E-state index contributed by atoms with van der Waals surface area (Å²) in [5.41, 5.74) is 0.923. The summed E-state index contributed by atoms with van der Waals surface area (Å²) in [6.45, 7) is 0. The molecule has 0 unspecified atom stereocenters. The van der Waals surface area contributed by atoms with E-state index in [1.807, 2.05) is 0 Å². The summed E-state index contributed by atoms with van der Waals surface area (Å²) in [5.74, 6) is 1.09. The maximum Gasteiger partial charge on any atom is 0.323 e. The van der Waals surface area contributed by atoms with Gasteiger partial charge in [0, 0.05) is 29.6 Å². The third-order valence-electron chi connectivity index (χ3n) is 3.57. The highest BCUT2D eigenvalue weighted by atomic mass is 35.5. The van der Waals surface area contributed by atoms with Crippen molar-refractivity contribution in [3.05, 3.63) is 86.9 Å². The molecule has 0 bridgehead atoms. The molecule has 0 aliphatic heterocycles. The van der Waals surface area contributed by atoms with Crippen LogP contribution in [0.15, 0.2) is 66.7 Å². The minimum absolute atomic E-state index is 0.0523. The number of ether oxygens (including phenoxy) is 1. The molecular formula is C19H13Cl2N3O4. The van der Waals surface area contributed by atoms with Crippen molar-refractivity contribution in [2.45, 2.75) is 0 Å². The van der Waals surface area contributed by atoms with Crippen molar-refractivity contribution >= 4 is 46.3 Å². The smallest absolute Gasteiger partial charge is 0.323 e. The topological polar surface area (TPSA) is 93.5 Å². The van der Waals surface area contributed by atoms with Crippen molar-refractivity contribution in [2.75, 3.05) is 10.6 Å². The normalized spacial score (nSPS) is 10.2. The number of urea groups is 1. The van der Waals surface area contributed by atoms with Crippen LogP contribution in [0.2, 0.25) is 10.0 Å². The van der Waals surface area contributed by atoms with E-state index < -0.39 is 11.0 Å². The van der Waals surface area contributed by atoms with Crippen LogP contribution >= 0.6 is 23.2 Å². The number of anilines is 2. The second-order valence-electron chi connectivity index (χ2n) is 5.59. The number of benzene rings is 3. The fourth-order valence-corrected chi connectivity index (χ4v) is 2.53. The molecule has 3 rings (SSSR count). The Morgan fingerprint density at radius 2 is 1.36 bits per heavy atom. The highest BCUT2D eigenvalue weighted by Gasteiger charge is 2.07. The van der Waals surface area contributed by atoms with E-state index in [4.69, 9.17) is 27.9 Å². The summed E-state index contributed by atoms with van der Waals surface area (Å²) in [6.07, 6.45) is 0. The molecule has 2 amide bonds. The number of hydrogen-bond acceptors (Lipinski definition) is 4. The molecule has 142 valence electrons. The summed E-state index contributed by atoms with van der Waals surface area (Å²) >= 11 is 11.8. The second-order valence-corrected chi connectivity index (χ2v) is 6.40. The van der Waals surface area contributed by atoms with Gasteiger partial charge in [-0.3, -0.25) is 10.1 Å². The summed E-state index contributed by atoms with van der Waals surface area (Å²) in [5, 5.41) is 16.7. The van der Waals surface area contributed by atoms with Crippen LogP contribution in [0.4, 0.5) is 21.9 Å². The van der Waals surface area contributed by atoms with E-state index in [1.165, 1.54) is 24.3 Å². The van der Waals surface area contributed by atoms with Gasteiger partial charge in [-0.2, -0.15) is 0 Å². The molecule has 3 aromatic carbocycles. The van der Waals surface area contributed by atoms with E-state index in [0.29, 0.717) is 32.9 Å². The van der Waals surface area contributed by atoms with Crippen molar-refractivity contribution < 1.29 is 14.5 Å². The predicted molar refractivity (Wildman–Crippen MR) is 109 cm³/mol. The molecule has 0 fully saturated rings. The van der Waals surface area contributed by atoms with E-state index in [2.05, 4.69) is 10.6 Å². The zero-order valence-corrected chi connectivity index (χ0v) is 15.7. The SMILES string of the molecule is O=C(Nc1ccc(Oc2ccc(Cl)c(Cl)c2)cc1)Nc1ccc([N+](=O)[O-])cc1. The minimum atomic E-state index is -0.508. The van der Waals surface area contributed by atoms with Crippen LogP contribution < -0.4 is 15.4 Å². The molecule has 0 aromatic heterocycles. The van der Waals surface area contributed by atoms with Crippen molar-refractivity contribution in [3.8, 4) is 11.5 Å². The van der Waals surface area contributed by atoms with Gasteiger partial charge in [0.15, 0.2) is 0 Å². The quantitative estimate of drug-likeness (QED) is 0.374. The van der Waals surface area contributed by atoms with Crippen LogP contribution in [0.25, 0.3) is 0 Å². The number of nitrogens with one attached hydrogen (secondary N) is 2. The lowest BCUT2D eigenvalue weighted by molar-refractivity contribution is -0.384. The summed E-state index contributed by atoms with van der Waals surface area (Å²) in [7, 11) is 0. The number of nitro benzene ring substituents is 1. The number of carbonyl (C=O) groups is 1. The molecule has 9 heteroatoms. The van der Waals surface area contributed by atoms with Gasteiger partial charge in [-0.1, -0.05) is 23.2 Å². The molecule has 0 aliphatic rings. The van der Waals surface area contributed by atoms with Crippen LogP contribution in [-0.4, -0.2) is 11.0 Å². The average molecular weight is 418 g/mol. The molecular weight excluding hydrogens is 405 g/mol. The first-order valence-corrected chi connectivity index (χ1v) is 8.72. The standard InChI is InChI=1S/C19H13Cl2N3O4/c20-17-10-9-16(11-18(17)21)28-15-7-3-13(4-8-15)23-19(25)22-12-1-5-14(6-2-12)24(26)27/h1-11H,(H2,22,23,25). The van der Waals surface area contributed by atoms with E-state index >= 15 is 0 Å². The Labute approximate surface area is 170 Å². The van der Waals surface area contributed by atoms with Crippen LogP contribution in [0.3, 0.4) is 0 Å². The number of amides is 2. The van der Waals surface area contributed by atoms with Crippen LogP contribution in [-0.2, 0) is 0 Å². The Bertz CT molecular complexity index is 1010. The first-order valence-electron chi connectivity index (χ1n) is 7.96. The van der Waals surface area contributed by atoms with E-state index in [0.717, 1.165) is 0 Å². The van der Waals surface area contributed by atoms with Gasteiger partial charge in [0.2, 0.25) is 0 Å². The molecule has 2 N–H and O–H groups in total. The summed E-state index contributed by atoms with van der Waals surface area (Å²) in [6, 6.07) is 16.7. The molecule has 0 aliphatic carbocycles. The average Bonchev–Trinajstić information content (AvgIpc) is 2.67. The van der Waals surface area contributed by atoms with Crippen molar-refractivity contribution in [3.63, 3.8) is 0 Å². The Morgan fingerprint density at radius 1 is 0.821 bits per heavy atom. The maximum atomic E-state index is 12.0. The first-order chi connectivity index (χ1) is 13.4. The molecule has 0 saturated carbocycles. The maximum absolute atomic E-state index is 12.0. The molecule has 0 radical (unpaired) electrons. The third-order valence-corrected chi connectivity index (χ3v) is 4.31. The minimum Gasteiger partial charge on any atom is -0.457 e. The Hall–Kier alpha value is -3.29. The second kappa shape index (κ2) is 8.60. The fraction of sp³-hybridized carbons (Fsp3) is 0. The lowest BCUT2D eigenvalue weighted by atomic mass is 10.3. The monoisotopic (exact) mass is 417 g/mol. The van der Waals surface area contributed by atoms with Crippen molar-refractivity contribution in [1.29, 1.82) is 0 Å². The van der Waals surface area contributed by atoms with Gasteiger partial charge in [0.05, 0.1) is 15.0 Å². The van der Waals surface area contributed by atoms with Crippen molar-refractivity contribution in [2.24, 2.45) is 0 Å². The fourth-order valence-electron chi connectivity index (χ4n) is 2.24. The zero-order chi connectivity index (χ0) is 20.1. The van der Waals surface area contributed by atoms with Gasteiger partial charge >= 0.3 is 6.03 Å². The highest BCUT2D eigenvalue weighted by molar-refractivity contribution is 6.42. The third kappa shape index (κ3) is 5.12. The number of carbonyl (C=O) groups excluding carboxylic acids is 1. The van der Waals surface area contributed by atoms with E-state index in [1.54, 1.807) is 42.5 Å². The number of halogens is 2. The highest BCUT2D eigenvalue weighted by Crippen LogP contribution is 2.29. The van der Waals surface area contributed by atoms with Crippen LogP contribution in [0, 0.1) is 10.1 Å². The lowest BCUT2D eigenvalue weighted by Gasteiger charge is -2.09. The van der Waals surface area contributed by atoms with E-state index in [-0.39, 0.29) is 5.69 Å². The van der Waals surface area contributed by atoms with Crippen molar-refractivity contribution in [1.82, 2.24) is 0 Å². The number of nitro groups is 1. The summed E-state index contributed by atoms with van der Waals surface area (Å²) in [4.78, 5) is 22.2. The van der Waals surface area contributed by atoms with Gasteiger partial charge < -0.3 is 15.4 Å². The van der Waals surface area contributed by atoms with Gasteiger partial charge in [-0.05, 0) is 48.5 Å². The Kier molecular flexibility index (Phi) is 5.98. The molecule has 0 heterocycles. The Morgan fingerprint density at radius 3 is 1.89 bits per heavy atom. The lowest BCUT2D eigenvalue weighted by Crippen LogP contribution is -2.19. The van der Waals surface area contributed by atoms with Gasteiger partial charge in [0.1, 0.15) is 11.5 Å². The molecule has 0 atom stereocenters. The molecule has 0 spiro atoms. The molecule has 3 aromatic rings. The molecule has 0 saturated heterocycles. The first kappa shape index (κ1) is 19.5. The van der Waals surface area contributed by atoms with Gasteiger partial charge in [0.25, 0.3) is 5.69 Å². The number of hydrogen-bond donors (Lipinski definition) is 2. The van der Waals surface area contributed by atoms with Crippen LogP contribution in [0.5, 0.6) is 11.5 Å². The number of rotatable bonds is 5. The van der Waals surface area contributed by atoms with Crippen LogP contribution in [0.1, 0.15) is 0 Å². The number of nitrogens with zero attached hydrogens (tertiary/aromatic N) is 1. The summed E-state index contributed by atoms with van der Waals surface area (Å²) < 4.78 is 5.67. The Balaban J connectivity index is 1.58. The predicted octanol–water partition coefficient (Wildman–Crippen LogP) is 6.34. The number of non-ortho nitro benzene ring substituents is 1.